The molecular weight excluding hydrogens is 246 g/mol. The number of hydrogen-bond acceptors (Lipinski definition) is 4. The lowest BCUT2D eigenvalue weighted by molar-refractivity contribution is -0.115. The fourth-order valence-electron chi connectivity index (χ4n) is 1.44. The second-order valence-corrected chi connectivity index (χ2v) is 3.80. The lowest BCUT2D eigenvalue weighted by Gasteiger charge is -2.06. The molecule has 0 aliphatic carbocycles. The molecule has 0 unspecified atom stereocenters. The summed E-state index contributed by atoms with van der Waals surface area (Å²) in [5.74, 6) is -0.211. The second kappa shape index (κ2) is 5.86. The monoisotopic (exact) mass is 259 g/mol. The number of hydrogen-bond donors (Lipinski definition) is 1. The van der Waals surface area contributed by atoms with Gasteiger partial charge >= 0.3 is 5.97 Å². The molecule has 19 heavy (non-hydrogen) atoms. The number of nitrogens with one attached hydrogen (secondary N) is 1. The molecule has 98 valence electrons. The Balaban J connectivity index is 2.07. The SMILES string of the molecule is CCC(=O)Nc1cccc(OC(=O)c2ccco2)c1. The molecule has 0 aliphatic heterocycles. The van der Waals surface area contributed by atoms with E-state index in [-0.39, 0.29) is 11.7 Å². The van der Waals surface area contributed by atoms with E-state index in [0.717, 1.165) is 0 Å². The average molecular weight is 259 g/mol. The topological polar surface area (TPSA) is 68.5 Å². The normalized spacial score (nSPS) is 9.95. The summed E-state index contributed by atoms with van der Waals surface area (Å²) in [6.07, 6.45) is 1.78. The molecule has 2 aromatic rings. The van der Waals surface area contributed by atoms with Gasteiger partial charge in [-0.05, 0) is 24.3 Å². The van der Waals surface area contributed by atoms with Gasteiger partial charge in [0.2, 0.25) is 11.7 Å². The Labute approximate surface area is 110 Å². The van der Waals surface area contributed by atoms with Crippen molar-refractivity contribution in [2.75, 3.05) is 5.32 Å². The van der Waals surface area contributed by atoms with Crippen LogP contribution in [0.4, 0.5) is 5.69 Å². The number of carbonyl (C=O) groups is 2. The Kier molecular flexibility index (Phi) is 3.97. The summed E-state index contributed by atoms with van der Waals surface area (Å²) in [7, 11) is 0. The number of amides is 1. The van der Waals surface area contributed by atoms with Crippen LogP contribution in [-0.4, -0.2) is 11.9 Å². The molecule has 0 saturated carbocycles. The van der Waals surface area contributed by atoms with E-state index in [9.17, 15) is 9.59 Å². The standard InChI is InChI=1S/C14H13NO4/c1-2-13(16)15-10-5-3-6-11(9-10)19-14(17)12-7-4-8-18-12/h3-9H,2H2,1H3,(H,15,16). The van der Waals surface area contributed by atoms with Crippen LogP contribution in [0.1, 0.15) is 23.9 Å². The van der Waals surface area contributed by atoms with Crippen LogP contribution in [-0.2, 0) is 4.79 Å². The van der Waals surface area contributed by atoms with Gasteiger partial charge in [-0.2, -0.15) is 0 Å². The molecular formula is C14H13NO4. The first kappa shape index (κ1) is 12.9. The van der Waals surface area contributed by atoms with Crippen molar-refractivity contribution in [2.24, 2.45) is 0 Å². The predicted octanol–water partition coefficient (Wildman–Crippen LogP) is 2.85. The zero-order chi connectivity index (χ0) is 13.7. The zero-order valence-corrected chi connectivity index (χ0v) is 10.4. The van der Waals surface area contributed by atoms with Crippen LogP contribution >= 0.6 is 0 Å². The lowest BCUT2D eigenvalue weighted by atomic mass is 10.3. The summed E-state index contributed by atoms with van der Waals surface area (Å²) in [5.41, 5.74) is 0.580. The van der Waals surface area contributed by atoms with Gasteiger partial charge in [0.05, 0.1) is 6.26 Å². The van der Waals surface area contributed by atoms with Gasteiger partial charge < -0.3 is 14.5 Å². The van der Waals surface area contributed by atoms with Gasteiger partial charge in [-0.1, -0.05) is 13.0 Å². The molecule has 0 spiro atoms. The van der Waals surface area contributed by atoms with Crippen LogP contribution in [0.25, 0.3) is 0 Å². The molecule has 5 heteroatoms. The minimum atomic E-state index is -0.580. The fourth-order valence-corrected chi connectivity index (χ4v) is 1.44. The van der Waals surface area contributed by atoms with Gasteiger partial charge in [-0.25, -0.2) is 4.79 Å². The highest BCUT2D eigenvalue weighted by Gasteiger charge is 2.11. The summed E-state index contributed by atoms with van der Waals surface area (Å²) in [4.78, 5) is 22.9. The third-order valence-corrected chi connectivity index (χ3v) is 2.37. The second-order valence-electron chi connectivity index (χ2n) is 3.80. The molecule has 0 aliphatic rings. The first-order valence-electron chi connectivity index (χ1n) is 5.84. The van der Waals surface area contributed by atoms with Crippen molar-refractivity contribution in [1.29, 1.82) is 0 Å². The van der Waals surface area contributed by atoms with E-state index in [1.54, 1.807) is 37.3 Å². The van der Waals surface area contributed by atoms with E-state index in [1.165, 1.54) is 12.3 Å². The Hall–Kier alpha value is -2.56. The molecule has 1 amide bonds. The highest BCUT2D eigenvalue weighted by Crippen LogP contribution is 2.19. The van der Waals surface area contributed by atoms with Crippen molar-refractivity contribution in [3.8, 4) is 5.75 Å². The van der Waals surface area contributed by atoms with Gasteiger partial charge in [0.15, 0.2) is 0 Å². The van der Waals surface area contributed by atoms with Gasteiger partial charge in [0, 0.05) is 18.2 Å². The summed E-state index contributed by atoms with van der Waals surface area (Å²) in [6, 6.07) is 9.74. The molecule has 0 saturated heterocycles. The van der Waals surface area contributed by atoms with Crippen molar-refractivity contribution in [2.45, 2.75) is 13.3 Å². The maximum Gasteiger partial charge on any atom is 0.379 e. The van der Waals surface area contributed by atoms with Crippen molar-refractivity contribution < 1.29 is 18.7 Å². The first-order chi connectivity index (χ1) is 9.19. The van der Waals surface area contributed by atoms with E-state index in [1.807, 2.05) is 0 Å². The highest BCUT2D eigenvalue weighted by molar-refractivity contribution is 5.91. The molecule has 0 radical (unpaired) electrons. The van der Waals surface area contributed by atoms with E-state index in [4.69, 9.17) is 9.15 Å². The quantitative estimate of drug-likeness (QED) is 0.677. The molecule has 1 aromatic carbocycles. The van der Waals surface area contributed by atoms with Gasteiger partial charge in [-0.15, -0.1) is 0 Å². The van der Waals surface area contributed by atoms with Gasteiger partial charge in [0.1, 0.15) is 5.75 Å². The molecule has 1 heterocycles. The molecule has 1 N–H and O–H groups in total. The Morgan fingerprint density at radius 1 is 1.26 bits per heavy atom. The van der Waals surface area contributed by atoms with E-state index >= 15 is 0 Å². The molecule has 5 nitrogen and oxygen atoms in total. The van der Waals surface area contributed by atoms with Crippen molar-refractivity contribution in [3.63, 3.8) is 0 Å². The predicted molar refractivity (Wildman–Crippen MR) is 69.0 cm³/mol. The van der Waals surface area contributed by atoms with E-state index < -0.39 is 5.97 Å². The number of esters is 1. The number of ether oxygens (including phenoxy) is 1. The average Bonchev–Trinajstić information content (AvgIpc) is 2.93. The van der Waals surface area contributed by atoms with Crippen LogP contribution in [0.3, 0.4) is 0 Å². The molecule has 1 aromatic heterocycles. The van der Waals surface area contributed by atoms with Crippen molar-refractivity contribution >= 4 is 17.6 Å². The summed E-state index contributed by atoms with van der Waals surface area (Å²) < 4.78 is 10.1. The number of carbonyl (C=O) groups excluding carboxylic acids is 2. The summed E-state index contributed by atoms with van der Waals surface area (Å²) >= 11 is 0. The molecule has 0 atom stereocenters. The number of benzene rings is 1. The van der Waals surface area contributed by atoms with Crippen LogP contribution in [0, 0.1) is 0 Å². The van der Waals surface area contributed by atoms with Crippen LogP contribution in [0.5, 0.6) is 5.75 Å². The summed E-state index contributed by atoms with van der Waals surface area (Å²) in [5, 5.41) is 2.69. The van der Waals surface area contributed by atoms with E-state index in [2.05, 4.69) is 5.32 Å². The maximum atomic E-state index is 11.7. The Morgan fingerprint density at radius 3 is 2.79 bits per heavy atom. The largest absolute Gasteiger partial charge is 0.457 e. The molecule has 0 fully saturated rings. The van der Waals surface area contributed by atoms with Gasteiger partial charge in [0.25, 0.3) is 0 Å². The first-order valence-corrected chi connectivity index (χ1v) is 5.84. The fraction of sp³-hybridized carbons (Fsp3) is 0.143. The van der Waals surface area contributed by atoms with Gasteiger partial charge in [-0.3, -0.25) is 4.79 Å². The third-order valence-electron chi connectivity index (χ3n) is 2.37. The Bertz CT molecular complexity index is 575. The van der Waals surface area contributed by atoms with Crippen molar-refractivity contribution in [3.05, 3.63) is 48.4 Å². The van der Waals surface area contributed by atoms with Crippen molar-refractivity contribution in [1.82, 2.24) is 0 Å². The van der Waals surface area contributed by atoms with Crippen LogP contribution in [0.2, 0.25) is 0 Å². The minimum Gasteiger partial charge on any atom is -0.457 e. The third kappa shape index (κ3) is 3.45. The lowest BCUT2D eigenvalue weighted by Crippen LogP contribution is -2.10. The van der Waals surface area contributed by atoms with E-state index in [0.29, 0.717) is 17.9 Å². The highest BCUT2D eigenvalue weighted by atomic mass is 16.5. The molecule has 0 bridgehead atoms. The Morgan fingerprint density at radius 2 is 2.11 bits per heavy atom. The minimum absolute atomic E-state index is 0.102. The van der Waals surface area contributed by atoms with Crippen LogP contribution < -0.4 is 10.1 Å². The van der Waals surface area contributed by atoms with Crippen LogP contribution in [0.15, 0.2) is 47.1 Å². The maximum absolute atomic E-state index is 11.7. The number of anilines is 1. The number of rotatable bonds is 4. The molecule has 2 rings (SSSR count). The number of furan rings is 1. The zero-order valence-electron chi connectivity index (χ0n) is 10.4. The smallest absolute Gasteiger partial charge is 0.379 e. The summed E-state index contributed by atoms with van der Waals surface area (Å²) in [6.45, 7) is 1.76.